The molecule has 1 aromatic heterocycles. The fourth-order valence-corrected chi connectivity index (χ4v) is 5.08. The van der Waals surface area contributed by atoms with Gasteiger partial charge < -0.3 is 5.73 Å². The summed E-state index contributed by atoms with van der Waals surface area (Å²) in [4.78, 5) is 14.9. The first-order valence-electron chi connectivity index (χ1n) is 5.57. The third-order valence-electron chi connectivity index (χ3n) is 2.44. The van der Waals surface area contributed by atoms with Gasteiger partial charge in [0.2, 0.25) is 15.7 Å². The molecule has 0 bridgehead atoms. The number of hydrogen-bond acceptors (Lipinski definition) is 6. The van der Waals surface area contributed by atoms with Gasteiger partial charge in [-0.3, -0.25) is 4.79 Å². The van der Waals surface area contributed by atoms with E-state index in [4.69, 9.17) is 5.73 Å². The summed E-state index contributed by atoms with van der Waals surface area (Å²) in [6.45, 7) is 1.88. The van der Waals surface area contributed by atoms with E-state index in [2.05, 4.69) is 4.98 Å². The Bertz CT molecular complexity index is 721. The number of sulfone groups is 1. The second kappa shape index (κ2) is 5.94. The number of primary amides is 1. The van der Waals surface area contributed by atoms with Gasteiger partial charge in [-0.2, -0.15) is 0 Å². The summed E-state index contributed by atoms with van der Waals surface area (Å²) in [5, 5.41) is -0.0161. The van der Waals surface area contributed by atoms with Gasteiger partial charge in [-0.25, -0.2) is 13.4 Å². The first kappa shape index (κ1) is 15.0. The van der Waals surface area contributed by atoms with E-state index in [0.717, 1.165) is 17.3 Å². The molecule has 0 saturated carbocycles. The molecule has 5 nitrogen and oxygen atoms in total. The minimum absolute atomic E-state index is 0.0161. The number of nitrogens with two attached hydrogens (primary N) is 1. The number of thiazole rings is 1. The van der Waals surface area contributed by atoms with Crippen molar-refractivity contribution in [3.8, 4) is 0 Å². The minimum Gasteiger partial charge on any atom is -0.369 e. The van der Waals surface area contributed by atoms with E-state index in [1.54, 1.807) is 24.3 Å². The number of carbonyl (C=O) groups excluding carboxylic acids is 1. The molecule has 0 fully saturated rings. The van der Waals surface area contributed by atoms with Crippen molar-refractivity contribution in [1.82, 2.24) is 4.98 Å². The number of aryl methyl sites for hydroxylation is 1. The Balaban J connectivity index is 2.37. The summed E-state index contributed by atoms with van der Waals surface area (Å²) in [6.07, 6.45) is 0. The Hall–Kier alpha value is -1.38. The highest BCUT2D eigenvalue weighted by Crippen LogP contribution is 2.33. The van der Waals surface area contributed by atoms with Crippen molar-refractivity contribution in [2.45, 2.75) is 21.1 Å². The van der Waals surface area contributed by atoms with Crippen LogP contribution < -0.4 is 5.73 Å². The number of benzene rings is 1. The molecule has 0 unspecified atom stereocenters. The molecule has 2 aromatic rings. The molecule has 0 radical (unpaired) electrons. The Morgan fingerprint density at radius 1 is 1.35 bits per heavy atom. The van der Waals surface area contributed by atoms with E-state index in [-0.39, 0.29) is 15.7 Å². The number of rotatable bonds is 5. The largest absolute Gasteiger partial charge is 0.369 e. The van der Waals surface area contributed by atoms with Gasteiger partial charge in [-0.05, 0) is 19.1 Å². The highest BCUT2D eigenvalue weighted by molar-refractivity contribution is 8.02. The van der Waals surface area contributed by atoms with Crippen LogP contribution in [-0.4, -0.2) is 25.1 Å². The Kier molecular flexibility index (Phi) is 4.46. The van der Waals surface area contributed by atoms with Crippen LogP contribution in [0.3, 0.4) is 0 Å². The highest BCUT2D eigenvalue weighted by Gasteiger charge is 2.24. The molecule has 20 heavy (non-hydrogen) atoms. The van der Waals surface area contributed by atoms with E-state index >= 15 is 0 Å². The maximum atomic E-state index is 12.5. The molecular weight excluding hydrogens is 316 g/mol. The highest BCUT2D eigenvalue weighted by atomic mass is 32.2. The van der Waals surface area contributed by atoms with Gasteiger partial charge in [-0.15, -0.1) is 23.1 Å². The van der Waals surface area contributed by atoms with E-state index in [1.807, 2.05) is 6.92 Å². The molecule has 2 rings (SSSR count). The fourth-order valence-electron chi connectivity index (χ4n) is 1.47. The number of aromatic nitrogens is 1. The molecule has 1 amide bonds. The molecule has 0 aliphatic rings. The summed E-state index contributed by atoms with van der Waals surface area (Å²) in [6, 6.07) is 6.56. The predicted octanol–water partition coefficient (Wildman–Crippen LogP) is 1.86. The van der Waals surface area contributed by atoms with Crippen LogP contribution in [0.1, 0.15) is 5.56 Å². The maximum Gasteiger partial charge on any atom is 0.227 e. The first-order valence-corrected chi connectivity index (χ1v) is 8.92. The van der Waals surface area contributed by atoms with E-state index in [1.165, 1.54) is 16.8 Å². The number of nitrogens with zero attached hydrogens (tertiary/aromatic N) is 1. The Morgan fingerprint density at radius 3 is 2.60 bits per heavy atom. The summed E-state index contributed by atoms with van der Waals surface area (Å²) in [5.41, 5.74) is 7.50. The zero-order chi connectivity index (χ0) is 14.8. The SMILES string of the molecule is Cc1ccc(S(=O)(=O)c2ncsc2SCC(N)=O)cc1. The van der Waals surface area contributed by atoms with Gasteiger partial charge >= 0.3 is 0 Å². The summed E-state index contributed by atoms with van der Waals surface area (Å²) in [7, 11) is -3.66. The van der Waals surface area contributed by atoms with Crippen molar-refractivity contribution in [3.63, 3.8) is 0 Å². The Morgan fingerprint density at radius 2 is 2.00 bits per heavy atom. The standard InChI is InChI=1S/C12H12N2O3S3/c1-8-2-4-9(5-3-8)20(16,17)11-12(19-7-14-11)18-6-10(13)15/h2-5,7H,6H2,1H3,(H2,13,15). The lowest BCUT2D eigenvalue weighted by atomic mass is 10.2. The monoisotopic (exact) mass is 328 g/mol. The first-order chi connectivity index (χ1) is 9.41. The lowest BCUT2D eigenvalue weighted by Gasteiger charge is -2.04. The lowest BCUT2D eigenvalue weighted by molar-refractivity contribution is -0.115. The maximum absolute atomic E-state index is 12.5. The van der Waals surface area contributed by atoms with Crippen LogP contribution >= 0.6 is 23.1 Å². The molecule has 2 N–H and O–H groups in total. The van der Waals surface area contributed by atoms with Gasteiger partial charge in [0, 0.05) is 0 Å². The molecule has 0 spiro atoms. The van der Waals surface area contributed by atoms with E-state index < -0.39 is 15.7 Å². The molecule has 106 valence electrons. The molecule has 0 atom stereocenters. The number of carbonyl (C=O) groups is 1. The van der Waals surface area contributed by atoms with Gasteiger partial charge in [-0.1, -0.05) is 17.7 Å². The van der Waals surface area contributed by atoms with Crippen LogP contribution in [0.15, 0.2) is 43.9 Å². The summed E-state index contributed by atoms with van der Waals surface area (Å²) >= 11 is 2.27. The average Bonchev–Trinajstić information content (AvgIpc) is 2.86. The third-order valence-corrected chi connectivity index (χ3v) is 6.55. The second-order valence-corrected chi connectivity index (χ2v) is 7.98. The normalized spacial score (nSPS) is 11.4. The molecular formula is C12H12N2O3S3. The minimum atomic E-state index is -3.66. The number of amides is 1. The topological polar surface area (TPSA) is 90.1 Å². The fraction of sp³-hybridized carbons (Fsp3) is 0.167. The zero-order valence-corrected chi connectivity index (χ0v) is 13.0. The number of thioether (sulfide) groups is 1. The van der Waals surface area contributed by atoms with E-state index in [0.29, 0.717) is 4.21 Å². The van der Waals surface area contributed by atoms with Crippen molar-refractivity contribution in [3.05, 3.63) is 35.3 Å². The second-order valence-electron chi connectivity index (χ2n) is 4.02. The molecule has 0 saturated heterocycles. The van der Waals surface area contributed by atoms with Gasteiger partial charge in [0.05, 0.1) is 20.4 Å². The third kappa shape index (κ3) is 3.20. The van der Waals surface area contributed by atoms with Crippen molar-refractivity contribution in [2.75, 3.05) is 5.75 Å². The number of hydrogen-bond donors (Lipinski definition) is 1. The lowest BCUT2D eigenvalue weighted by Crippen LogP contribution is -2.13. The predicted molar refractivity (Wildman–Crippen MR) is 78.7 cm³/mol. The van der Waals surface area contributed by atoms with Crippen molar-refractivity contribution in [1.29, 1.82) is 0 Å². The van der Waals surface area contributed by atoms with E-state index in [9.17, 15) is 13.2 Å². The average molecular weight is 328 g/mol. The smallest absolute Gasteiger partial charge is 0.227 e. The van der Waals surface area contributed by atoms with Crippen LogP contribution in [0.5, 0.6) is 0 Å². The summed E-state index contributed by atoms with van der Waals surface area (Å²) in [5.74, 6) is -0.472. The quantitative estimate of drug-likeness (QED) is 0.846. The molecule has 0 aliphatic heterocycles. The molecule has 1 heterocycles. The van der Waals surface area contributed by atoms with Crippen LogP contribution in [0.2, 0.25) is 0 Å². The molecule has 1 aromatic carbocycles. The summed E-state index contributed by atoms with van der Waals surface area (Å²) < 4.78 is 25.4. The van der Waals surface area contributed by atoms with Gasteiger partial charge in [0.25, 0.3) is 0 Å². The molecule has 8 heteroatoms. The molecule has 0 aliphatic carbocycles. The zero-order valence-electron chi connectivity index (χ0n) is 10.6. The Labute approximate surface area is 125 Å². The van der Waals surface area contributed by atoms with Crippen molar-refractivity contribution in [2.24, 2.45) is 5.73 Å². The van der Waals surface area contributed by atoms with Crippen LogP contribution in [0.4, 0.5) is 0 Å². The van der Waals surface area contributed by atoms with Gasteiger partial charge in [0.1, 0.15) is 0 Å². The van der Waals surface area contributed by atoms with Crippen LogP contribution in [0.25, 0.3) is 0 Å². The van der Waals surface area contributed by atoms with Crippen molar-refractivity contribution >= 4 is 38.8 Å². The van der Waals surface area contributed by atoms with Crippen LogP contribution in [-0.2, 0) is 14.6 Å². The van der Waals surface area contributed by atoms with Crippen molar-refractivity contribution < 1.29 is 13.2 Å². The van der Waals surface area contributed by atoms with Crippen LogP contribution in [0, 0.1) is 6.92 Å². The van der Waals surface area contributed by atoms with Gasteiger partial charge in [0.15, 0.2) is 5.03 Å².